The first kappa shape index (κ1) is 16.5. The van der Waals surface area contributed by atoms with Crippen molar-refractivity contribution in [2.75, 3.05) is 19.0 Å². The maximum absolute atomic E-state index is 13.5. The molecule has 0 aliphatic carbocycles. The van der Waals surface area contributed by atoms with E-state index in [1.807, 2.05) is 0 Å². The summed E-state index contributed by atoms with van der Waals surface area (Å²) in [6, 6.07) is 1.08. The van der Waals surface area contributed by atoms with Crippen molar-refractivity contribution in [3.8, 4) is 11.6 Å². The Bertz CT molecular complexity index is 695. The monoisotopic (exact) mass is 326 g/mol. The lowest BCUT2D eigenvalue weighted by Crippen LogP contribution is -2.30. The molecule has 9 heteroatoms. The quantitative estimate of drug-likeness (QED) is 0.781. The van der Waals surface area contributed by atoms with Crippen LogP contribution in [0.4, 0.5) is 19.3 Å². The number of nitrogens with zero attached hydrogens (tertiary/aromatic N) is 2. The normalized spacial score (nSPS) is 10.4. The number of carbonyl (C=O) groups is 1. The molecule has 0 radical (unpaired) electrons. The number of ether oxygens (including phenoxy) is 1. The Labute approximate surface area is 130 Å². The highest BCUT2D eigenvalue weighted by Gasteiger charge is 2.13. The van der Waals surface area contributed by atoms with Crippen LogP contribution in [0.2, 0.25) is 0 Å². The van der Waals surface area contributed by atoms with Crippen LogP contribution in [0, 0.1) is 11.6 Å². The number of hydrogen-bond acceptors (Lipinski definition) is 4. The van der Waals surface area contributed by atoms with Gasteiger partial charge < -0.3 is 20.5 Å². The van der Waals surface area contributed by atoms with Gasteiger partial charge in [0.15, 0.2) is 0 Å². The van der Waals surface area contributed by atoms with E-state index in [2.05, 4.69) is 15.7 Å². The Morgan fingerprint density at radius 1 is 1.39 bits per heavy atom. The predicted molar refractivity (Wildman–Crippen MR) is 78.5 cm³/mol. The summed E-state index contributed by atoms with van der Waals surface area (Å²) in [5, 5.41) is 18.0. The molecule has 0 unspecified atom stereocenters. The van der Waals surface area contributed by atoms with Crippen LogP contribution in [-0.2, 0) is 13.5 Å². The fraction of sp³-hybridized carbons (Fsp3) is 0.286. The average molecular weight is 326 g/mol. The van der Waals surface area contributed by atoms with Gasteiger partial charge in [0.05, 0.1) is 13.3 Å². The summed E-state index contributed by atoms with van der Waals surface area (Å²) in [4.78, 5) is 11.8. The first-order valence-electron chi connectivity index (χ1n) is 6.70. The van der Waals surface area contributed by atoms with Gasteiger partial charge in [0.2, 0.25) is 0 Å². The summed E-state index contributed by atoms with van der Waals surface area (Å²) in [5.41, 5.74) is 0.163. The number of rotatable bonds is 5. The van der Waals surface area contributed by atoms with Gasteiger partial charge in [0.25, 0.3) is 5.88 Å². The number of halogens is 2. The van der Waals surface area contributed by atoms with Crippen LogP contribution in [0.5, 0.6) is 11.6 Å². The number of aromatic nitrogens is 2. The second-order valence-corrected chi connectivity index (χ2v) is 4.74. The van der Waals surface area contributed by atoms with Crippen molar-refractivity contribution in [1.82, 2.24) is 15.1 Å². The molecule has 0 aliphatic rings. The summed E-state index contributed by atoms with van der Waals surface area (Å²) in [6.07, 6.45) is 1.49. The van der Waals surface area contributed by atoms with Gasteiger partial charge in [-0.1, -0.05) is 0 Å². The van der Waals surface area contributed by atoms with Crippen molar-refractivity contribution in [2.24, 2.45) is 7.05 Å². The van der Waals surface area contributed by atoms with Crippen molar-refractivity contribution in [2.45, 2.75) is 6.42 Å². The average Bonchev–Trinajstić information content (AvgIpc) is 2.81. The predicted octanol–water partition coefficient (Wildman–Crippen LogP) is 1.78. The number of phenolic OH excluding ortho intramolecular Hbond substituents is 1. The summed E-state index contributed by atoms with van der Waals surface area (Å²) in [7, 11) is 3.09. The molecule has 2 rings (SSSR count). The molecule has 0 fully saturated rings. The van der Waals surface area contributed by atoms with Gasteiger partial charge >= 0.3 is 6.03 Å². The maximum atomic E-state index is 13.5. The van der Waals surface area contributed by atoms with Crippen LogP contribution in [-0.4, -0.2) is 34.6 Å². The number of urea groups is 1. The lowest BCUT2D eigenvalue weighted by Gasteiger charge is -2.08. The van der Waals surface area contributed by atoms with E-state index in [1.54, 1.807) is 13.2 Å². The highest BCUT2D eigenvalue weighted by Crippen LogP contribution is 2.21. The number of methoxy groups -OCH3 is 1. The zero-order valence-corrected chi connectivity index (χ0v) is 12.6. The molecule has 1 aromatic heterocycles. The molecule has 2 amide bonds. The van der Waals surface area contributed by atoms with Crippen molar-refractivity contribution in [3.05, 3.63) is 35.5 Å². The molecular weight excluding hydrogens is 310 g/mol. The van der Waals surface area contributed by atoms with Crippen LogP contribution >= 0.6 is 0 Å². The highest BCUT2D eigenvalue weighted by atomic mass is 19.1. The molecule has 0 aliphatic heterocycles. The zero-order chi connectivity index (χ0) is 17.0. The van der Waals surface area contributed by atoms with E-state index >= 15 is 0 Å². The van der Waals surface area contributed by atoms with E-state index in [4.69, 9.17) is 9.84 Å². The summed E-state index contributed by atoms with van der Waals surface area (Å²) in [5.74, 6) is -1.96. The molecule has 2 aromatic rings. The fourth-order valence-electron chi connectivity index (χ4n) is 2.00. The first-order chi connectivity index (χ1) is 10.9. The van der Waals surface area contributed by atoms with Gasteiger partial charge in [-0.3, -0.25) is 4.68 Å². The number of nitrogens with one attached hydrogen (secondary N) is 2. The SMILES string of the molecule is COc1nn(C)cc1NC(=O)NCCc1c(F)cc(O)cc1F. The molecule has 23 heavy (non-hydrogen) atoms. The van der Waals surface area contributed by atoms with Gasteiger partial charge in [0.1, 0.15) is 23.1 Å². The molecule has 1 heterocycles. The minimum Gasteiger partial charge on any atom is -0.508 e. The number of aromatic hydroxyl groups is 1. The topological polar surface area (TPSA) is 88.4 Å². The fourth-order valence-corrected chi connectivity index (χ4v) is 2.00. The number of benzene rings is 1. The van der Waals surface area contributed by atoms with E-state index in [9.17, 15) is 13.6 Å². The highest BCUT2D eigenvalue weighted by molar-refractivity contribution is 5.90. The van der Waals surface area contributed by atoms with Gasteiger partial charge in [-0.05, 0) is 6.42 Å². The van der Waals surface area contributed by atoms with E-state index < -0.39 is 23.4 Å². The second kappa shape index (κ2) is 6.95. The van der Waals surface area contributed by atoms with Crippen LogP contribution in [0.25, 0.3) is 0 Å². The third-order valence-corrected chi connectivity index (χ3v) is 3.02. The number of carbonyl (C=O) groups excluding carboxylic acids is 1. The molecule has 0 spiro atoms. The molecule has 0 saturated heterocycles. The molecule has 0 saturated carbocycles. The zero-order valence-electron chi connectivity index (χ0n) is 12.6. The second-order valence-electron chi connectivity index (χ2n) is 4.74. The van der Waals surface area contributed by atoms with Crippen molar-refractivity contribution >= 4 is 11.7 Å². The van der Waals surface area contributed by atoms with Crippen molar-refractivity contribution in [1.29, 1.82) is 0 Å². The van der Waals surface area contributed by atoms with Gasteiger partial charge in [-0.25, -0.2) is 13.6 Å². The summed E-state index contributed by atoms with van der Waals surface area (Å²) >= 11 is 0. The molecule has 7 nitrogen and oxygen atoms in total. The molecule has 124 valence electrons. The standard InChI is InChI=1S/C14H16F2N4O3/c1-20-7-12(13(19-20)23-2)18-14(22)17-4-3-9-10(15)5-8(21)6-11(9)16/h5-7,21H,3-4H2,1-2H3,(H2,17,18,22). The van der Waals surface area contributed by atoms with Gasteiger partial charge in [-0.2, -0.15) is 0 Å². The molecule has 0 bridgehead atoms. The van der Waals surface area contributed by atoms with Crippen LogP contribution in [0.1, 0.15) is 5.56 Å². The van der Waals surface area contributed by atoms with Crippen molar-refractivity contribution in [3.63, 3.8) is 0 Å². The number of anilines is 1. The smallest absolute Gasteiger partial charge is 0.319 e. The maximum Gasteiger partial charge on any atom is 0.319 e. The lowest BCUT2D eigenvalue weighted by molar-refractivity contribution is 0.252. The number of hydrogen-bond donors (Lipinski definition) is 3. The Kier molecular flexibility index (Phi) is 4.99. The third-order valence-electron chi connectivity index (χ3n) is 3.02. The largest absolute Gasteiger partial charge is 0.508 e. The van der Waals surface area contributed by atoms with Crippen molar-refractivity contribution < 1.29 is 23.4 Å². The molecule has 0 atom stereocenters. The Morgan fingerprint density at radius 3 is 2.65 bits per heavy atom. The summed E-state index contributed by atoms with van der Waals surface area (Å²) < 4.78 is 33.5. The molecule has 3 N–H and O–H groups in total. The van der Waals surface area contributed by atoms with Crippen LogP contribution in [0.15, 0.2) is 18.3 Å². The Balaban J connectivity index is 1.90. The van der Waals surface area contributed by atoms with E-state index in [0.29, 0.717) is 5.69 Å². The van der Waals surface area contributed by atoms with E-state index in [1.165, 1.54) is 11.8 Å². The molecule has 1 aromatic carbocycles. The minimum absolute atomic E-state index is 0.00697. The lowest BCUT2D eigenvalue weighted by atomic mass is 10.1. The van der Waals surface area contributed by atoms with Gasteiger partial charge in [0, 0.05) is 31.3 Å². The minimum atomic E-state index is -0.862. The number of aryl methyl sites for hydroxylation is 1. The third kappa shape index (κ3) is 4.09. The van der Waals surface area contributed by atoms with Crippen LogP contribution < -0.4 is 15.4 Å². The van der Waals surface area contributed by atoms with Crippen LogP contribution in [0.3, 0.4) is 0 Å². The summed E-state index contributed by atoms with van der Waals surface area (Å²) in [6.45, 7) is 0.00697. The number of phenols is 1. The molecular formula is C14H16F2N4O3. The van der Waals surface area contributed by atoms with E-state index in [-0.39, 0.29) is 24.4 Å². The number of amides is 2. The Morgan fingerprint density at radius 2 is 2.04 bits per heavy atom. The first-order valence-corrected chi connectivity index (χ1v) is 6.70. The Hall–Kier alpha value is -2.84. The van der Waals surface area contributed by atoms with E-state index in [0.717, 1.165) is 12.1 Å². The van der Waals surface area contributed by atoms with Gasteiger partial charge in [-0.15, -0.1) is 5.10 Å².